The molecule has 0 radical (unpaired) electrons. The van der Waals surface area contributed by atoms with Crippen LogP contribution in [0, 0.1) is 23.7 Å². The van der Waals surface area contributed by atoms with Crippen molar-refractivity contribution >= 4 is 204 Å². The van der Waals surface area contributed by atoms with Gasteiger partial charge in [-0.2, -0.15) is 0 Å². The van der Waals surface area contributed by atoms with E-state index in [0.29, 0.717) is 65.8 Å². The number of aliphatic hydroxyl groups excluding tert-OH is 3. The van der Waals surface area contributed by atoms with Crippen molar-refractivity contribution < 1.29 is 136 Å². The number of carbonyl (C=O) groups excluding carboxylic acids is 14. The van der Waals surface area contributed by atoms with Crippen molar-refractivity contribution in [3.8, 4) is 0 Å². The second-order valence-corrected chi connectivity index (χ2v) is 50.5. The van der Waals surface area contributed by atoms with E-state index >= 15 is 0 Å². The number of carbonyl (C=O) groups is 14. The number of nitrogens with one attached hydrogen (secondary N) is 4. The van der Waals surface area contributed by atoms with Crippen molar-refractivity contribution in [2.45, 2.75) is 122 Å². The van der Waals surface area contributed by atoms with E-state index in [2.05, 4.69) is 60.6 Å². The fourth-order valence-electron chi connectivity index (χ4n) is 19.3. The molecule has 7 N–H and O–H groups in total. The summed E-state index contributed by atoms with van der Waals surface area (Å²) in [6, 6.07) is 62.0. The molecule has 12 atom stereocenters. The number of likely N-dealkylation sites (tertiary alicyclic amines) is 2. The molecule has 4 aromatic heterocycles. The molecule has 4 fully saturated rings. The zero-order valence-electron chi connectivity index (χ0n) is 82.6. The van der Waals surface area contributed by atoms with E-state index in [1.165, 1.54) is 113 Å². The Kier molecular flexibility index (Phi) is 37.9. The normalized spacial score (nSPS) is 18.8. The van der Waals surface area contributed by atoms with Gasteiger partial charge in [0.25, 0.3) is 23.6 Å². The minimum Gasteiger partial charge on any atom is -0.543 e. The molecule has 756 valence electrons. The van der Waals surface area contributed by atoms with Crippen LogP contribution in [0.4, 0.5) is 0 Å². The standard InChI is InChI=1S/C39H43N2O6PSSi.C36H35N2O6PS.C18H20N2O5S.C15H16N2O5S.Na/c1-7-23-46-39(45)38(48(29-17-11-8-12-18-29,30-19-13-9-14-20-30)31-21-15-10-16-22-31)41-32(35(37(41)44)27(2)47-50(4,5)6)25-33(42)28-24-34(49-26-28)36(43)40-3;1-4-20-44-36(43)35(38-29(32(24(2)39)34(38)42)22-30(40)25-21-31(46-23-25)33(41)37-3)45(26-14-8-5-9-15-26,27-16-10-6-11-17-27)28-18-12-7-13-19-28;1-4-5-25-18(24)15-11(10-6-13(26-8-10)16(22)19-3)7-12-14(9(2)21)17(23)20(12)15;1-6(18)11-9-4-8(12(15(21)22)17(9)14(11)20)7-3-10(23-5-7)13(19)16-2;/h7-22,24,26-27,32,35H,1,23,25H2,2-6H3,(H,40,43);4-19,21,23-24,29,32,39H,1,20,22H2,2-3H3,(H,37,41);4,6,8-9,12,14,21H,1,5,7H2,2-3H3,(H,19,22);3,5-6,9,11,18H,4H2,1-2H3,(H,16,19)(H,21,22);/q;;;;+1/p-1/t27-,32-,35-;24-,29-,32-;9-,12-,14-;6-,9-,11-;/m1111./s1. The van der Waals surface area contributed by atoms with Gasteiger partial charge < -0.3 is 84.7 Å². The Balaban J connectivity index is 0.000000181. The van der Waals surface area contributed by atoms with E-state index in [9.17, 15) is 87.5 Å². The largest absolute Gasteiger partial charge is 1.00 e. The second kappa shape index (κ2) is 49.3. The maximum absolute atomic E-state index is 14.8. The summed E-state index contributed by atoms with van der Waals surface area (Å²) >= 11 is 4.79. The summed E-state index contributed by atoms with van der Waals surface area (Å²) in [5, 5.41) is 63.8. The van der Waals surface area contributed by atoms with Crippen LogP contribution in [-0.4, -0.2) is 233 Å². The number of rotatable bonds is 36. The van der Waals surface area contributed by atoms with Gasteiger partial charge in [0.2, 0.25) is 23.6 Å². The van der Waals surface area contributed by atoms with Gasteiger partial charge in [-0.15, -0.1) is 45.3 Å². The van der Waals surface area contributed by atoms with Crippen molar-refractivity contribution in [1.29, 1.82) is 0 Å². The van der Waals surface area contributed by atoms with Gasteiger partial charge >= 0.3 is 47.5 Å². The number of hydrogen-bond acceptors (Lipinski definition) is 26. The van der Waals surface area contributed by atoms with Gasteiger partial charge in [0, 0.05) is 76.7 Å². The Labute approximate surface area is 885 Å². The molecule has 16 rings (SSSR count). The molecule has 0 unspecified atom stereocenters. The minimum atomic E-state index is -3.17. The number of aliphatic hydroxyl groups is 3. The number of ether oxygens (including phenoxy) is 3. The molecule has 30 nitrogen and oxygen atoms in total. The first-order chi connectivity index (χ1) is 69.4. The zero-order valence-corrected chi connectivity index (χ0v) is 90.6. The maximum Gasteiger partial charge on any atom is 1.00 e. The monoisotopic (exact) mass is 2110 g/mol. The average Bonchev–Trinajstić information content (AvgIpc) is 0.970. The molecule has 6 aliphatic rings. The third-order valence-electron chi connectivity index (χ3n) is 25.6. The molecule has 0 aliphatic carbocycles. The van der Waals surface area contributed by atoms with Gasteiger partial charge in [0.05, 0.1) is 103 Å². The smallest absolute Gasteiger partial charge is 0.543 e. The molecule has 0 saturated carbocycles. The summed E-state index contributed by atoms with van der Waals surface area (Å²) in [5.41, 5.74) is 3.48. The first kappa shape index (κ1) is 112. The van der Waals surface area contributed by atoms with E-state index in [1.54, 1.807) is 53.7 Å². The maximum atomic E-state index is 14.8. The molecule has 4 saturated heterocycles. The molecular weight excluding hydrogens is 2000 g/mol. The quantitative estimate of drug-likeness (QED) is 0.00409. The van der Waals surface area contributed by atoms with Crippen LogP contribution in [0.1, 0.15) is 124 Å². The molecule has 0 bridgehead atoms. The summed E-state index contributed by atoms with van der Waals surface area (Å²) in [5.74, 6) is -9.25. The molecule has 0 spiro atoms. The summed E-state index contributed by atoms with van der Waals surface area (Å²) in [7, 11) is 3.99. The molecule has 146 heavy (non-hydrogen) atoms. The predicted molar refractivity (Wildman–Crippen MR) is 566 cm³/mol. The topological polar surface area (TPSA) is 421 Å². The van der Waals surface area contributed by atoms with E-state index in [0.717, 1.165) is 43.2 Å². The SMILES string of the molecule is C=CCOC(=O)C(N1C(=O)[C@H]([C@@H](C)O)[C@H]1CC(=O)c1csc(C(=O)NC)c1)=P(c1ccccc1)(c1ccccc1)c1ccccc1.C=CCOC(=O)C(N1C(=O)[C@H]([C@@H](C)O[Si](C)(C)C)[C@H]1CC(=O)c1csc(C(=O)NC)c1)=P(c1ccccc1)(c1ccccc1)c1ccccc1.C=CCOC(=O)C1=C(c2csc(C(=O)NC)c2)C[C@@H]2[C@@H]([C@@H](C)O)C(=O)N12.CNC(=O)c1cc(C2=C(C(=O)[O-])N3C(=O)[C@H]([C@@H](C)O)[C@H]3C2)cs1.[Na+]. The third-order valence-corrected chi connectivity index (χ3v) is 38.9. The van der Waals surface area contributed by atoms with E-state index in [4.69, 9.17) is 18.6 Å². The van der Waals surface area contributed by atoms with Crippen molar-refractivity contribution in [3.63, 3.8) is 0 Å². The Bertz CT molecular complexity index is 6620. The number of carboxylic acids is 1. The van der Waals surface area contributed by atoms with Crippen molar-refractivity contribution in [3.05, 3.63) is 319 Å². The van der Waals surface area contributed by atoms with E-state index < -0.39 is 118 Å². The van der Waals surface area contributed by atoms with Gasteiger partial charge in [-0.1, -0.05) is 220 Å². The number of benzene rings is 6. The Morgan fingerprint density at radius 3 is 1.01 bits per heavy atom. The van der Waals surface area contributed by atoms with Crippen LogP contribution in [0.2, 0.25) is 19.6 Å². The Morgan fingerprint density at radius 2 is 0.712 bits per heavy atom. The third kappa shape index (κ3) is 22.9. The van der Waals surface area contributed by atoms with Crippen LogP contribution in [0.15, 0.2) is 277 Å². The van der Waals surface area contributed by atoms with Crippen LogP contribution in [-0.2, 0) is 57.0 Å². The van der Waals surface area contributed by atoms with Gasteiger partial charge in [-0.05, 0) is 149 Å². The number of thiophene rings is 4. The number of aliphatic carboxylic acids is 1. The van der Waals surface area contributed by atoms with Crippen molar-refractivity contribution in [2.24, 2.45) is 23.7 Å². The molecular formula is C108H113N8NaO22P2S4Si. The first-order valence-electron chi connectivity index (χ1n) is 46.7. The molecule has 10 heterocycles. The van der Waals surface area contributed by atoms with Gasteiger partial charge in [-0.25, -0.2) is 14.4 Å². The van der Waals surface area contributed by atoms with Gasteiger partial charge in [0.1, 0.15) is 36.4 Å². The fourth-order valence-corrected chi connectivity index (χ4v) is 32.8. The first-order valence-corrected chi connectivity index (χ1v) is 57.2. The fraction of sp³-hybridized carbons (Fsp3) is 0.278. The van der Waals surface area contributed by atoms with Crippen molar-refractivity contribution in [2.75, 3.05) is 48.0 Å². The van der Waals surface area contributed by atoms with Crippen LogP contribution in [0.25, 0.3) is 11.1 Å². The Hall–Kier alpha value is -12.5. The summed E-state index contributed by atoms with van der Waals surface area (Å²) in [6.07, 6.45) is 1.67. The molecule has 38 heteroatoms. The van der Waals surface area contributed by atoms with Crippen LogP contribution in [0.5, 0.6) is 0 Å². The average molecular weight is 2120 g/mol. The molecule has 6 aliphatic heterocycles. The minimum absolute atomic E-state index is 0. The van der Waals surface area contributed by atoms with Gasteiger partial charge in [-0.3, -0.25) is 47.9 Å². The number of Topliss-reactive ketones (excluding diaryl/α,β-unsaturated/α-hetero) is 2. The summed E-state index contributed by atoms with van der Waals surface area (Å²) in [6.45, 7) is 17.1. The summed E-state index contributed by atoms with van der Waals surface area (Å²) in [4.78, 5) is 190. The number of amides is 8. The van der Waals surface area contributed by atoms with E-state index in [-0.39, 0.29) is 144 Å². The van der Waals surface area contributed by atoms with E-state index in [1.807, 2.05) is 189 Å². The zero-order chi connectivity index (χ0) is 105. The number of esters is 3. The second-order valence-electron chi connectivity index (χ2n) is 35.7. The van der Waals surface area contributed by atoms with Crippen LogP contribution >= 0.6 is 59.1 Å². The number of fused-ring (bicyclic) bond motifs is 2. The number of nitrogens with zero attached hydrogens (tertiary/aromatic N) is 4. The molecule has 6 aromatic carbocycles. The molecule has 10 aromatic rings. The van der Waals surface area contributed by atoms with Crippen LogP contribution in [0.3, 0.4) is 0 Å². The number of hydrogen-bond donors (Lipinski definition) is 7. The van der Waals surface area contributed by atoms with Crippen LogP contribution < -0.4 is 87.8 Å². The Morgan fingerprint density at radius 1 is 0.425 bits per heavy atom. The number of ketones is 2. The van der Waals surface area contributed by atoms with Gasteiger partial charge in [0.15, 0.2) is 19.9 Å². The van der Waals surface area contributed by atoms with Crippen molar-refractivity contribution in [1.82, 2.24) is 40.9 Å². The molecule has 8 amide bonds. The number of β-lactam (4-membered cyclic amide) rings is 4. The summed E-state index contributed by atoms with van der Waals surface area (Å²) < 4.78 is 23.3. The predicted octanol–water partition coefficient (Wildman–Crippen LogP) is 6.69. The number of carboxylic acid groups (broad SMARTS) is 1.